The number of esters is 1. The number of carbonyl (C=O) groups is 1. The monoisotopic (exact) mass is 409 g/mol. The van der Waals surface area contributed by atoms with Crippen LogP contribution in [0.25, 0.3) is 5.57 Å². The van der Waals surface area contributed by atoms with Crippen molar-refractivity contribution in [3.8, 4) is 5.75 Å². The molecule has 30 heavy (non-hydrogen) atoms. The predicted molar refractivity (Wildman–Crippen MR) is 112 cm³/mol. The standard InChI is InChI=1S/C24H21F2NO3/c1-2-29-24(28)21(15-27-23-13-10-19(25)14-22(23)26)18-8-11-20(12-9-18)30-16-17-6-4-3-5-7-17/h3-15,27H,2,16H2,1H3/b21-15-. The lowest BCUT2D eigenvalue weighted by atomic mass is 10.1. The van der Waals surface area contributed by atoms with Gasteiger partial charge in [-0.05, 0) is 42.3 Å². The van der Waals surface area contributed by atoms with Gasteiger partial charge in [-0.3, -0.25) is 0 Å². The van der Waals surface area contributed by atoms with E-state index < -0.39 is 17.6 Å². The van der Waals surface area contributed by atoms with E-state index in [1.165, 1.54) is 12.3 Å². The van der Waals surface area contributed by atoms with Crippen LogP contribution in [-0.4, -0.2) is 12.6 Å². The topological polar surface area (TPSA) is 47.6 Å². The molecule has 0 aliphatic carbocycles. The van der Waals surface area contributed by atoms with E-state index in [0.717, 1.165) is 17.7 Å². The van der Waals surface area contributed by atoms with Gasteiger partial charge >= 0.3 is 5.97 Å². The fraction of sp³-hybridized carbons (Fsp3) is 0.125. The summed E-state index contributed by atoms with van der Waals surface area (Å²) in [6.07, 6.45) is 1.34. The van der Waals surface area contributed by atoms with Gasteiger partial charge in [0.1, 0.15) is 24.0 Å². The third-order valence-electron chi connectivity index (χ3n) is 4.21. The quantitative estimate of drug-likeness (QED) is 0.391. The third kappa shape index (κ3) is 5.67. The lowest BCUT2D eigenvalue weighted by Gasteiger charge is -2.11. The van der Waals surface area contributed by atoms with E-state index >= 15 is 0 Å². The summed E-state index contributed by atoms with van der Waals surface area (Å²) in [6, 6.07) is 19.8. The van der Waals surface area contributed by atoms with Gasteiger partial charge in [0.15, 0.2) is 0 Å². The van der Waals surface area contributed by atoms with Crippen molar-refractivity contribution < 1.29 is 23.0 Å². The van der Waals surface area contributed by atoms with Gasteiger partial charge in [0.05, 0.1) is 17.9 Å². The number of anilines is 1. The highest BCUT2D eigenvalue weighted by Crippen LogP contribution is 2.22. The van der Waals surface area contributed by atoms with Crippen LogP contribution in [0.4, 0.5) is 14.5 Å². The molecule has 0 radical (unpaired) electrons. The normalized spacial score (nSPS) is 11.1. The first kappa shape index (κ1) is 21.0. The zero-order valence-corrected chi connectivity index (χ0v) is 16.4. The Bertz CT molecular complexity index is 1020. The Kier molecular flexibility index (Phi) is 7.16. The molecule has 3 aromatic rings. The number of ether oxygens (including phenoxy) is 2. The van der Waals surface area contributed by atoms with Gasteiger partial charge in [-0.15, -0.1) is 0 Å². The Labute approximate surface area is 173 Å². The summed E-state index contributed by atoms with van der Waals surface area (Å²) < 4.78 is 37.8. The molecule has 3 aromatic carbocycles. The Balaban J connectivity index is 1.76. The van der Waals surface area contributed by atoms with Gasteiger partial charge in [-0.25, -0.2) is 13.6 Å². The molecule has 0 saturated carbocycles. The van der Waals surface area contributed by atoms with E-state index in [4.69, 9.17) is 9.47 Å². The summed E-state index contributed by atoms with van der Waals surface area (Å²) in [5.41, 5.74) is 1.85. The summed E-state index contributed by atoms with van der Waals surface area (Å²) in [5, 5.41) is 2.70. The third-order valence-corrected chi connectivity index (χ3v) is 4.21. The Morgan fingerprint density at radius 2 is 1.73 bits per heavy atom. The first-order valence-electron chi connectivity index (χ1n) is 9.43. The van der Waals surface area contributed by atoms with E-state index in [0.29, 0.717) is 17.9 Å². The van der Waals surface area contributed by atoms with Crippen molar-refractivity contribution in [3.63, 3.8) is 0 Å². The van der Waals surface area contributed by atoms with Crippen LogP contribution in [0.5, 0.6) is 5.75 Å². The van der Waals surface area contributed by atoms with Gasteiger partial charge in [-0.2, -0.15) is 0 Å². The van der Waals surface area contributed by atoms with Crippen molar-refractivity contribution >= 4 is 17.2 Å². The minimum absolute atomic E-state index is 0.0426. The van der Waals surface area contributed by atoms with Crippen molar-refractivity contribution in [1.82, 2.24) is 0 Å². The molecule has 0 spiro atoms. The van der Waals surface area contributed by atoms with E-state index in [1.807, 2.05) is 30.3 Å². The molecule has 0 bridgehead atoms. The molecule has 0 unspecified atom stereocenters. The molecule has 154 valence electrons. The molecule has 3 rings (SSSR count). The largest absolute Gasteiger partial charge is 0.489 e. The maximum Gasteiger partial charge on any atom is 0.340 e. The van der Waals surface area contributed by atoms with Crippen LogP contribution >= 0.6 is 0 Å². The Morgan fingerprint density at radius 3 is 2.40 bits per heavy atom. The average Bonchev–Trinajstić information content (AvgIpc) is 2.75. The average molecular weight is 409 g/mol. The molecule has 6 heteroatoms. The van der Waals surface area contributed by atoms with Crippen LogP contribution in [-0.2, 0) is 16.1 Å². The molecule has 0 aliphatic rings. The second kappa shape index (κ2) is 10.2. The minimum atomic E-state index is -0.765. The Hall–Kier alpha value is -3.67. The van der Waals surface area contributed by atoms with Gasteiger partial charge in [0.25, 0.3) is 0 Å². The highest BCUT2D eigenvalue weighted by molar-refractivity contribution is 6.16. The zero-order valence-electron chi connectivity index (χ0n) is 16.4. The van der Waals surface area contributed by atoms with Crippen LogP contribution in [0, 0.1) is 11.6 Å². The molecule has 0 aliphatic heterocycles. The molecule has 0 heterocycles. The van der Waals surface area contributed by atoms with Crippen molar-refractivity contribution in [2.45, 2.75) is 13.5 Å². The van der Waals surface area contributed by atoms with E-state index in [9.17, 15) is 13.6 Å². The molecule has 4 nitrogen and oxygen atoms in total. The first-order chi connectivity index (χ1) is 14.6. The number of nitrogens with one attached hydrogen (secondary N) is 1. The molecule has 0 amide bonds. The van der Waals surface area contributed by atoms with Crippen molar-refractivity contribution in [1.29, 1.82) is 0 Å². The van der Waals surface area contributed by atoms with Crippen LogP contribution in [0.2, 0.25) is 0 Å². The molecule has 0 saturated heterocycles. The second-order valence-corrected chi connectivity index (χ2v) is 6.35. The van der Waals surface area contributed by atoms with Crippen molar-refractivity contribution in [3.05, 3.63) is 102 Å². The molecule has 1 N–H and O–H groups in total. The van der Waals surface area contributed by atoms with Gasteiger partial charge in [0, 0.05) is 12.3 Å². The number of rotatable bonds is 8. The summed E-state index contributed by atoms with van der Waals surface area (Å²) in [7, 11) is 0. The number of halogens is 2. The molecular weight excluding hydrogens is 388 g/mol. The molecular formula is C24H21F2NO3. The fourth-order valence-corrected chi connectivity index (χ4v) is 2.70. The van der Waals surface area contributed by atoms with E-state index in [-0.39, 0.29) is 17.9 Å². The number of hydrogen-bond acceptors (Lipinski definition) is 4. The highest BCUT2D eigenvalue weighted by atomic mass is 19.1. The van der Waals surface area contributed by atoms with Gasteiger partial charge in [-0.1, -0.05) is 42.5 Å². The summed E-state index contributed by atoms with van der Waals surface area (Å²) in [4.78, 5) is 12.4. The minimum Gasteiger partial charge on any atom is -0.489 e. The summed E-state index contributed by atoms with van der Waals surface area (Å²) in [5.74, 6) is -1.37. The lowest BCUT2D eigenvalue weighted by Crippen LogP contribution is -2.09. The van der Waals surface area contributed by atoms with Crippen LogP contribution < -0.4 is 10.1 Å². The van der Waals surface area contributed by atoms with Crippen LogP contribution in [0.1, 0.15) is 18.1 Å². The summed E-state index contributed by atoms with van der Waals surface area (Å²) >= 11 is 0. The van der Waals surface area contributed by atoms with Crippen molar-refractivity contribution in [2.24, 2.45) is 0 Å². The molecule has 0 fully saturated rings. The second-order valence-electron chi connectivity index (χ2n) is 6.35. The van der Waals surface area contributed by atoms with Gasteiger partial charge in [0.2, 0.25) is 0 Å². The van der Waals surface area contributed by atoms with Gasteiger partial charge < -0.3 is 14.8 Å². The highest BCUT2D eigenvalue weighted by Gasteiger charge is 2.14. The van der Waals surface area contributed by atoms with Crippen molar-refractivity contribution in [2.75, 3.05) is 11.9 Å². The number of benzene rings is 3. The van der Waals surface area contributed by atoms with Crippen LogP contribution in [0.15, 0.2) is 79.0 Å². The zero-order chi connectivity index (χ0) is 21.3. The molecule has 0 atom stereocenters. The maximum absolute atomic E-state index is 13.9. The fourth-order valence-electron chi connectivity index (χ4n) is 2.70. The predicted octanol–water partition coefficient (Wildman–Crippen LogP) is 5.56. The lowest BCUT2D eigenvalue weighted by molar-refractivity contribution is -0.136. The summed E-state index contributed by atoms with van der Waals surface area (Å²) in [6.45, 7) is 2.31. The Morgan fingerprint density at radius 1 is 1.00 bits per heavy atom. The van der Waals surface area contributed by atoms with E-state index in [1.54, 1.807) is 31.2 Å². The molecule has 0 aromatic heterocycles. The number of hydrogen-bond donors (Lipinski definition) is 1. The maximum atomic E-state index is 13.9. The SMILES string of the molecule is CCOC(=O)/C(=C\Nc1ccc(F)cc1F)c1ccc(OCc2ccccc2)cc1. The van der Waals surface area contributed by atoms with E-state index in [2.05, 4.69) is 5.32 Å². The first-order valence-corrected chi connectivity index (χ1v) is 9.43. The van der Waals surface area contributed by atoms with Crippen LogP contribution in [0.3, 0.4) is 0 Å². The smallest absolute Gasteiger partial charge is 0.340 e. The number of carbonyl (C=O) groups excluding carboxylic acids is 1.